The monoisotopic (exact) mass is 342 g/mol. The van der Waals surface area contributed by atoms with E-state index in [1.807, 2.05) is 24.3 Å². The molecule has 2 N–H and O–H groups in total. The molecule has 1 amide bonds. The lowest BCUT2D eigenvalue weighted by Crippen LogP contribution is -2.35. The van der Waals surface area contributed by atoms with Crippen molar-refractivity contribution >= 4 is 5.91 Å². The molecule has 0 radical (unpaired) electrons. The van der Waals surface area contributed by atoms with Crippen LogP contribution in [0.3, 0.4) is 0 Å². The third-order valence-electron chi connectivity index (χ3n) is 4.62. The fraction of sp³-hybridized carbons (Fsp3) is 0.350. The van der Waals surface area contributed by atoms with Gasteiger partial charge >= 0.3 is 0 Å². The highest BCUT2D eigenvalue weighted by atomic mass is 19.1. The van der Waals surface area contributed by atoms with Gasteiger partial charge in [0.1, 0.15) is 11.6 Å². The summed E-state index contributed by atoms with van der Waals surface area (Å²) >= 11 is 0. The second-order valence-corrected chi connectivity index (χ2v) is 6.35. The Morgan fingerprint density at radius 1 is 1.24 bits per heavy atom. The molecular weight excluding hydrogens is 319 g/mol. The van der Waals surface area contributed by atoms with Crippen LogP contribution in [0.4, 0.5) is 4.39 Å². The Kier molecular flexibility index (Phi) is 5.66. The number of amides is 1. The Morgan fingerprint density at radius 3 is 2.56 bits per heavy atom. The smallest absolute Gasteiger partial charge is 0.224 e. The van der Waals surface area contributed by atoms with Gasteiger partial charge in [-0.1, -0.05) is 24.3 Å². The number of carbonyl (C=O) groups is 1. The third-order valence-corrected chi connectivity index (χ3v) is 4.62. The van der Waals surface area contributed by atoms with E-state index in [0.717, 1.165) is 36.4 Å². The van der Waals surface area contributed by atoms with Crippen LogP contribution >= 0.6 is 0 Å². The SMILES string of the molecule is COc1ccc([C@@H](Cc2ccc(F)cc2)NC(=O)[C@H]2CCNC2)cc1. The molecule has 0 aliphatic carbocycles. The van der Waals surface area contributed by atoms with Crippen LogP contribution in [0.1, 0.15) is 23.6 Å². The molecule has 2 atom stereocenters. The average molecular weight is 342 g/mol. The lowest BCUT2D eigenvalue weighted by molar-refractivity contribution is -0.125. The summed E-state index contributed by atoms with van der Waals surface area (Å²) in [6.45, 7) is 1.60. The Balaban J connectivity index is 1.78. The quantitative estimate of drug-likeness (QED) is 0.849. The lowest BCUT2D eigenvalue weighted by atomic mass is 9.97. The maximum Gasteiger partial charge on any atom is 0.224 e. The highest BCUT2D eigenvalue weighted by Crippen LogP contribution is 2.23. The van der Waals surface area contributed by atoms with Gasteiger partial charge < -0.3 is 15.4 Å². The molecule has 0 unspecified atom stereocenters. The third kappa shape index (κ3) is 4.57. The Hall–Kier alpha value is -2.40. The second-order valence-electron chi connectivity index (χ2n) is 6.35. The number of carbonyl (C=O) groups excluding carboxylic acids is 1. The molecule has 1 heterocycles. The van der Waals surface area contributed by atoms with Gasteiger partial charge in [-0.05, 0) is 54.8 Å². The van der Waals surface area contributed by atoms with Gasteiger partial charge in [0.05, 0.1) is 19.1 Å². The predicted molar refractivity (Wildman–Crippen MR) is 95.0 cm³/mol. The van der Waals surface area contributed by atoms with Crippen LogP contribution in [-0.4, -0.2) is 26.1 Å². The van der Waals surface area contributed by atoms with E-state index in [-0.39, 0.29) is 23.7 Å². The van der Waals surface area contributed by atoms with Crippen molar-refractivity contribution in [3.8, 4) is 5.75 Å². The molecule has 0 spiro atoms. The van der Waals surface area contributed by atoms with Gasteiger partial charge in [0.25, 0.3) is 0 Å². The molecule has 0 saturated carbocycles. The minimum atomic E-state index is -0.259. The van der Waals surface area contributed by atoms with Crippen LogP contribution in [0.2, 0.25) is 0 Å². The first-order valence-electron chi connectivity index (χ1n) is 8.55. The first-order chi connectivity index (χ1) is 12.2. The van der Waals surface area contributed by atoms with E-state index >= 15 is 0 Å². The highest BCUT2D eigenvalue weighted by Gasteiger charge is 2.25. The van der Waals surface area contributed by atoms with E-state index in [4.69, 9.17) is 4.74 Å². The highest BCUT2D eigenvalue weighted by molar-refractivity contribution is 5.79. The molecule has 25 heavy (non-hydrogen) atoms. The van der Waals surface area contributed by atoms with Crippen LogP contribution < -0.4 is 15.4 Å². The summed E-state index contributed by atoms with van der Waals surface area (Å²) in [6, 6.07) is 13.9. The zero-order valence-corrected chi connectivity index (χ0v) is 14.3. The predicted octanol–water partition coefficient (Wildman–Crippen LogP) is 2.84. The zero-order valence-electron chi connectivity index (χ0n) is 14.3. The fourth-order valence-electron chi connectivity index (χ4n) is 3.11. The molecule has 2 aromatic rings. The van der Waals surface area contributed by atoms with Crippen LogP contribution in [-0.2, 0) is 11.2 Å². The molecule has 1 fully saturated rings. The number of ether oxygens (including phenoxy) is 1. The van der Waals surface area contributed by atoms with E-state index in [1.165, 1.54) is 12.1 Å². The molecule has 1 saturated heterocycles. The van der Waals surface area contributed by atoms with E-state index < -0.39 is 0 Å². The zero-order chi connectivity index (χ0) is 17.6. The number of benzene rings is 2. The van der Waals surface area contributed by atoms with Crippen LogP contribution in [0.5, 0.6) is 5.75 Å². The molecule has 5 heteroatoms. The summed E-state index contributed by atoms with van der Waals surface area (Å²) in [4.78, 5) is 12.6. The molecular formula is C20H23FN2O2. The molecule has 1 aliphatic rings. The topological polar surface area (TPSA) is 50.4 Å². The molecule has 0 aromatic heterocycles. The molecule has 4 nitrogen and oxygen atoms in total. The molecule has 3 rings (SSSR count). The summed E-state index contributed by atoms with van der Waals surface area (Å²) in [5, 5.41) is 6.38. The number of hydrogen-bond donors (Lipinski definition) is 2. The molecule has 0 bridgehead atoms. The summed E-state index contributed by atoms with van der Waals surface area (Å²) in [6.07, 6.45) is 1.47. The second kappa shape index (κ2) is 8.12. The summed E-state index contributed by atoms with van der Waals surface area (Å²) < 4.78 is 18.4. The average Bonchev–Trinajstić information content (AvgIpc) is 3.18. The fourth-order valence-corrected chi connectivity index (χ4v) is 3.11. The van der Waals surface area contributed by atoms with Crippen LogP contribution in [0.15, 0.2) is 48.5 Å². The van der Waals surface area contributed by atoms with Gasteiger partial charge in [-0.2, -0.15) is 0 Å². The first kappa shape index (κ1) is 17.4. The van der Waals surface area contributed by atoms with Crippen molar-refractivity contribution < 1.29 is 13.9 Å². The Labute approximate surface area is 147 Å². The van der Waals surface area contributed by atoms with E-state index in [9.17, 15) is 9.18 Å². The first-order valence-corrected chi connectivity index (χ1v) is 8.55. The van der Waals surface area contributed by atoms with Gasteiger partial charge in [0.15, 0.2) is 0 Å². The minimum absolute atomic E-state index is 0.00830. The van der Waals surface area contributed by atoms with Crippen molar-refractivity contribution in [2.24, 2.45) is 5.92 Å². The Bertz CT molecular complexity index is 695. The van der Waals surface area contributed by atoms with Crippen molar-refractivity contribution in [3.63, 3.8) is 0 Å². The maximum absolute atomic E-state index is 13.2. The van der Waals surface area contributed by atoms with Crippen LogP contribution in [0, 0.1) is 11.7 Å². The van der Waals surface area contributed by atoms with Crippen molar-refractivity contribution in [2.45, 2.75) is 18.9 Å². The normalized spacial score (nSPS) is 17.9. The number of nitrogens with one attached hydrogen (secondary N) is 2. The summed E-state index contributed by atoms with van der Waals surface area (Å²) in [5.74, 6) is 0.586. The molecule has 2 aromatic carbocycles. The van der Waals surface area contributed by atoms with E-state index in [0.29, 0.717) is 6.42 Å². The molecule has 1 aliphatic heterocycles. The largest absolute Gasteiger partial charge is 0.497 e. The van der Waals surface area contributed by atoms with Gasteiger partial charge in [0.2, 0.25) is 5.91 Å². The van der Waals surface area contributed by atoms with Crippen molar-refractivity contribution in [1.82, 2.24) is 10.6 Å². The van der Waals surface area contributed by atoms with E-state index in [2.05, 4.69) is 10.6 Å². The minimum Gasteiger partial charge on any atom is -0.497 e. The van der Waals surface area contributed by atoms with Gasteiger partial charge in [-0.15, -0.1) is 0 Å². The summed E-state index contributed by atoms with van der Waals surface area (Å²) in [5.41, 5.74) is 1.98. The molecule has 132 valence electrons. The lowest BCUT2D eigenvalue weighted by Gasteiger charge is -2.22. The number of rotatable bonds is 6. The van der Waals surface area contributed by atoms with Gasteiger partial charge in [0, 0.05) is 6.54 Å². The standard InChI is InChI=1S/C20H23FN2O2/c1-25-18-8-4-15(5-9-18)19(12-14-2-6-17(21)7-3-14)23-20(24)16-10-11-22-13-16/h2-9,16,19,22H,10-13H2,1H3,(H,23,24)/t16-,19+/m0/s1. The Morgan fingerprint density at radius 2 is 1.96 bits per heavy atom. The number of halogens is 1. The van der Waals surface area contributed by atoms with Crippen LogP contribution in [0.25, 0.3) is 0 Å². The van der Waals surface area contributed by atoms with Gasteiger partial charge in [-0.25, -0.2) is 4.39 Å². The van der Waals surface area contributed by atoms with E-state index in [1.54, 1.807) is 19.2 Å². The number of hydrogen-bond acceptors (Lipinski definition) is 3. The van der Waals surface area contributed by atoms with Crippen molar-refractivity contribution in [1.29, 1.82) is 0 Å². The maximum atomic E-state index is 13.2. The van der Waals surface area contributed by atoms with Crippen molar-refractivity contribution in [3.05, 3.63) is 65.5 Å². The van der Waals surface area contributed by atoms with Gasteiger partial charge in [-0.3, -0.25) is 4.79 Å². The van der Waals surface area contributed by atoms with Crippen molar-refractivity contribution in [2.75, 3.05) is 20.2 Å². The number of methoxy groups -OCH3 is 1. The summed E-state index contributed by atoms with van der Waals surface area (Å²) in [7, 11) is 1.62.